The average molecular weight is 544 g/mol. The van der Waals surface area contributed by atoms with E-state index in [2.05, 4.69) is 26.7 Å². The van der Waals surface area contributed by atoms with E-state index in [9.17, 15) is 26.3 Å². The van der Waals surface area contributed by atoms with Gasteiger partial charge in [0.2, 0.25) is 0 Å². The Morgan fingerprint density at radius 1 is 1.14 bits per heavy atom. The van der Waals surface area contributed by atoms with Gasteiger partial charge in [-0.25, -0.2) is 9.59 Å². The minimum Gasteiger partial charge on any atom is -0.485 e. The number of carboxylic acid groups (broad SMARTS) is 2. The molecule has 36 heavy (non-hydrogen) atoms. The van der Waals surface area contributed by atoms with Crippen molar-refractivity contribution in [3.63, 3.8) is 0 Å². The summed E-state index contributed by atoms with van der Waals surface area (Å²) in [6.45, 7) is 2.75. The second-order valence-electron chi connectivity index (χ2n) is 7.56. The van der Waals surface area contributed by atoms with Crippen molar-refractivity contribution in [3.05, 3.63) is 46.9 Å². The highest BCUT2D eigenvalue weighted by Crippen LogP contribution is 2.32. The summed E-state index contributed by atoms with van der Waals surface area (Å²) in [5.41, 5.74) is 1.39. The second kappa shape index (κ2) is 12.9. The van der Waals surface area contributed by atoms with Crippen LogP contribution in [-0.2, 0) is 20.9 Å². The molecule has 8 nitrogen and oxygen atoms in total. The number of nitrogens with zero attached hydrogens (tertiary/aromatic N) is 2. The van der Waals surface area contributed by atoms with E-state index in [-0.39, 0.29) is 12.2 Å². The van der Waals surface area contributed by atoms with E-state index in [1.807, 2.05) is 12.1 Å². The van der Waals surface area contributed by atoms with Crippen molar-refractivity contribution in [1.82, 2.24) is 9.88 Å². The van der Waals surface area contributed by atoms with Crippen molar-refractivity contribution in [2.45, 2.75) is 50.0 Å². The SMILES string of the molecule is O=C(O)C(F)(F)F.O=C(O)C(F)(F)F.c1cncc(O[C@H]2CN(Cc3ccsc3)[C@H]3CCCO[C@H]23)c1. The molecule has 0 spiro atoms. The smallest absolute Gasteiger partial charge is 0.485 e. The Labute approximate surface area is 205 Å². The maximum Gasteiger partial charge on any atom is 0.490 e. The normalized spacial score (nSPS) is 21.8. The van der Waals surface area contributed by atoms with Gasteiger partial charge in [-0.2, -0.15) is 37.7 Å². The highest BCUT2D eigenvalue weighted by atomic mass is 32.1. The van der Waals surface area contributed by atoms with Gasteiger partial charge in [0.15, 0.2) is 0 Å². The van der Waals surface area contributed by atoms with E-state index in [1.165, 1.54) is 12.0 Å². The third kappa shape index (κ3) is 9.28. The molecule has 2 N–H and O–H groups in total. The van der Waals surface area contributed by atoms with E-state index < -0.39 is 24.3 Å². The molecule has 2 fully saturated rings. The fraction of sp³-hybridized carbons (Fsp3) is 0.476. The highest BCUT2D eigenvalue weighted by Gasteiger charge is 2.45. The van der Waals surface area contributed by atoms with Crippen LogP contribution < -0.4 is 4.74 Å². The van der Waals surface area contributed by atoms with Crippen LogP contribution in [0.5, 0.6) is 5.75 Å². The van der Waals surface area contributed by atoms with Crippen LogP contribution in [0, 0.1) is 0 Å². The molecule has 2 aliphatic rings. The summed E-state index contributed by atoms with van der Waals surface area (Å²) in [5, 5.41) is 18.6. The summed E-state index contributed by atoms with van der Waals surface area (Å²) in [6, 6.07) is 6.55. The minimum atomic E-state index is -5.08. The number of likely N-dealkylation sites (tertiary alicyclic amines) is 1. The number of carbonyl (C=O) groups is 2. The van der Waals surface area contributed by atoms with E-state index in [0.717, 1.165) is 31.9 Å². The monoisotopic (exact) mass is 544 g/mol. The number of ether oxygens (including phenoxy) is 2. The number of carboxylic acids is 2. The molecule has 3 atom stereocenters. The third-order valence-electron chi connectivity index (χ3n) is 4.96. The van der Waals surface area contributed by atoms with Gasteiger partial charge in [-0.1, -0.05) is 0 Å². The van der Waals surface area contributed by atoms with Crippen LogP contribution in [0.3, 0.4) is 0 Å². The Morgan fingerprint density at radius 2 is 1.78 bits per heavy atom. The molecule has 0 saturated carbocycles. The standard InChI is InChI=1S/C17H20N2O2S.2C2HF3O2/c1-3-14(9-18-6-1)21-16-11-19(10-13-5-8-22-12-13)15-4-2-7-20-17(15)16;2*3-2(4,5)1(6)7/h1,3,5-6,8-9,12,15-17H,2,4,7,10-11H2;2*(H,6,7)/t15-,16-,17-;;/m0../s1. The van der Waals surface area contributed by atoms with Gasteiger partial charge in [-0.15, -0.1) is 0 Å². The van der Waals surface area contributed by atoms with Crippen LogP contribution in [0.25, 0.3) is 0 Å². The molecule has 15 heteroatoms. The molecule has 2 saturated heterocycles. The topological polar surface area (TPSA) is 109 Å². The van der Waals surface area contributed by atoms with Gasteiger partial charge < -0.3 is 19.7 Å². The number of halogens is 6. The van der Waals surface area contributed by atoms with Crippen molar-refractivity contribution < 1.29 is 55.6 Å². The lowest BCUT2D eigenvalue weighted by Crippen LogP contribution is -2.42. The van der Waals surface area contributed by atoms with Crippen LogP contribution in [0.15, 0.2) is 41.4 Å². The lowest BCUT2D eigenvalue weighted by molar-refractivity contribution is -0.193. The molecule has 4 rings (SSSR count). The van der Waals surface area contributed by atoms with Crippen LogP contribution in [-0.4, -0.2) is 75.8 Å². The first-order valence-electron chi connectivity index (χ1n) is 10.3. The van der Waals surface area contributed by atoms with Crippen molar-refractivity contribution >= 4 is 23.3 Å². The molecule has 200 valence electrons. The molecule has 2 aromatic heterocycles. The number of fused-ring (bicyclic) bond motifs is 1. The fourth-order valence-corrected chi connectivity index (χ4v) is 4.16. The van der Waals surface area contributed by atoms with E-state index in [4.69, 9.17) is 29.3 Å². The molecule has 0 amide bonds. The zero-order valence-corrected chi connectivity index (χ0v) is 19.2. The minimum absolute atomic E-state index is 0.0909. The molecule has 0 unspecified atom stereocenters. The molecule has 0 radical (unpaired) electrons. The number of alkyl halides is 6. The molecule has 0 aromatic carbocycles. The second-order valence-corrected chi connectivity index (χ2v) is 8.34. The van der Waals surface area contributed by atoms with E-state index >= 15 is 0 Å². The Kier molecular flexibility index (Phi) is 10.5. The molecule has 4 heterocycles. The van der Waals surface area contributed by atoms with Crippen LogP contribution in [0.2, 0.25) is 0 Å². The van der Waals surface area contributed by atoms with Crippen LogP contribution in [0.1, 0.15) is 18.4 Å². The summed E-state index contributed by atoms with van der Waals surface area (Å²) in [7, 11) is 0. The van der Waals surface area contributed by atoms with Crippen LogP contribution >= 0.6 is 11.3 Å². The quantitative estimate of drug-likeness (QED) is 0.551. The lowest BCUT2D eigenvalue weighted by atomic mass is 10.0. The zero-order valence-electron chi connectivity index (χ0n) is 18.4. The molecular weight excluding hydrogens is 522 g/mol. The van der Waals surface area contributed by atoms with Gasteiger partial charge in [0.1, 0.15) is 18.0 Å². The number of aliphatic carboxylic acids is 2. The van der Waals surface area contributed by atoms with Gasteiger partial charge in [-0.3, -0.25) is 9.88 Å². The molecule has 0 bridgehead atoms. The van der Waals surface area contributed by atoms with Crippen molar-refractivity contribution in [2.24, 2.45) is 0 Å². The first kappa shape index (κ1) is 29.3. The van der Waals surface area contributed by atoms with Gasteiger partial charge in [0.05, 0.1) is 6.20 Å². The maximum atomic E-state index is 10.6. The maximum absolute atomic E-state index is 10.6. The lowest BCUT2D eigenvalue weighted by Gasteiger charge is -2.32. The predicted octanol–water partition coefficient (Wildman–Crippen LogP) is 4.22. The number of hydrogen-bond acceptors (Lipinski definition) is 7. The Bertz CT molecular complexity index is 934. The van der Waals surface area contributed by atoms with E-state index in [0.29, 0.717) is 6.04 Å². The summed E-state index contributed by atoms with van der Waals surface area (Å²) >= 11 is 1.76. The largest absolute Gasteiger partial charge is 0.490 e. The summed E-state index contributed by atoms with van der Waals surface area (Å²) < 4.78 is 75.7. The number of thiophene rings is 1. The van der Waals surface area contributed by atoms with Gasteiger partial charge >= 0.3 is 24.3 Å². The third-order valence-corrected chi connectivity index (χ3v) is 5.69. The van der Waals surface area contributed by atoms with Crippen molar-refractivity contribution in [1.29, 1.82) is 0 Å². The number of hydrogen-bond donors (Lipinski definition) is 2. The van der Waals surface area contributed by atoms with Crippen molar-refractivity contribution in [2.75, 3.05) is 13.2 Å². The molecule has 2 aliphatic heterocycles. The Hall–Kier alpha value is -2.91. The fourth-order valence-electron chi connectivity index (χ4n) is 3.50. The van der Waals surface area contributed by atoms with Crippen LogP contribution in [0.4, 0.5) is 26.3 Å². The predicted molar refractivity (Wildman–Crippen MR) is 114 cm³/mol. The summed E-state index contributed by atoms with van der Waals surface area (Å²) in [5.74, 6) is -4.68. The number of rotatable bonds is 4. The summed E-state index contributed by atoms with van der Waals surface area (Å²) in [4.78, 5) is 24.4. The number of pyridine rings is 1. The zero-order chi connectivity index (χ0) is 26.9. The van der Waals surface area contributed by atoms with Gasteiger partial charge in [-0.05, 0) is 47.4 Å². The summed E-state index contributed by atoms with van der Waals surface area (Å²) in [6.07, 6.45) is -4.02. The van der Waals surface area contributed by atoms with Gasteiger partial charge in [0, 0.05) is 31.9 Å². The Balaban J connectivity index is 0.000000271. The van der Waals surface area contributed by atoms with Crippen molar-refractivity contribution in [3.8, 4) is 5.75 Å². The molecule has 0 aliphatic carbocycles. The average Bonchev–Trinajstić information content (AvgIpc) is 3.43. The number of aromatic nitrogens is 1. The highest BCUT2D eigenvalue weighted by molar-refractivity contribution is 7.07. The van der Waals surface area contributed by atoms with Gasteiger partial charge in [0.25, 0.3) is 0 Å². The first-order chi connectivity index (χ1) is 16.8. The molecular formula is C21H22F6N2O6S. The van der Waals surface area contributed by atoms with E-state index in [1.54, 1.807) is 23.7 Å². The molecule has 2 aromatic rings. The first-order valence-corrected chi connectivity index (χ1v) is 11.3. The Morgan fingerprint density at radius 3 is 2.28 bits per heavy atom.